The number of nitrogens with one attached hydrogen (secondary N) is 1. The minimum absolute atomic E-state index is 0.468. The molecule has 9 nitrogen and oxygen atoms in total. The van der Waals surface area contributed by atoms with Crippen molar-refractivity contribution in [2.24, 2.45) is 0 Å². The van der Waals surface area contributed by atoms with Crippen LogP contribution in [-0.4, -0.2) is 57.9 Å². The predicted octanol–water partition coefficient (Wildman–Crippen LogP) is 2.13. The molecule has 2 aromatic heterocycles. The van der Waals surface area contributed by atoms with Crippen molar-refractivity contribution in [3.63, 3.8) is 0 Å². The molecule has 144 valence electrons. The van der Waals surface area contributed by atoms with Gasteiger partial charge in [0.2, 0.25) is 11.9 Å². The monoisotopic (exact) mass is 378 g/mol. The van der Waals surface area contributed by atoms with Gasteiger partial charge in [-0.2, -0.15) is 10.1 Å². The van der Waals surface area contributed by atoms with E-state index in [2.05, 4.69) is 40.3 Å². The molecule has 1 aliphatic rings. The number of hydrogen-bond donors (Lipinski definition) is 1. The van der Waals surface area contributed by atoms with E-state index in [1.165, 1.54) is 0 Å². The van der Waals surface area contributed by atoms with Gasteiger partial charge in [-0.25, -0.2) is 9.97 Å². The summed E-state index contributed by atoms with van der Waals surface area (Å²) in [6.07, 6.45) is 5.22. The molecule has 1 saturated heterocycles. The van der Waals surface area contributed by atoms with E-state index < -0.39 is 0 Å². The standard InChI is InChI=1S/C19H22N8O/c1-2-28-16-6-4-15(5-7-16)23-18-24-17(14-22-25-18)26-10-12-27(13-11-26)19-20-8-3-9-21-19/h3-9,14H,2,10-13H2,1H3,(H,23,24,25). The Bertz CT molecular complexity index is 882. The lowest BCUT2D eigenvalue weighted by molar-refractivity contribution is 0.340. The van der Waals surface area contributed by atoms with E-state index in [1.807, 2.05) is 37.3 Å². The van der Waals surface area contributed by atoms with Crippen molar-refractivity contribution in [2.45, 2.75) is 6.92 Å². The fourth-order valence-electron chi connectivity index (χ4n) is 3.02. The molecular formula is C19H22N8O. The van der Waals surface area contributed by atoms with Crippen LogP contribution in [0, 0.1) is 0 Å². The summed E-state index contributed by atoms with van der Waals surface area (Å²) >= 11 is 0. The first-order valence-corrected chi connectivity index (χ1v) is 9.28. The van der Waals surface area contributed by atoms with Crippen LogP contribution >= 0.6 is 0 Å². The fraction of sp³-hybridized carbons (Fsp3) is 0.316. The molecule has 9 heteroatoms. The van der Waals surface area contributed by atoms with Crippen LogP contribution in [0.5, 0.6) is 5.75 Å². The number of nitrogens with zero attached hydrogens (tertiary/aromatic N) is 7. The highest BCUT2D eigenvalue weighted by Crippen LogP contribution is 2.20. The van der Waals surface area contributed by atoms with Crippen molar-refractivity contribution in [1.29, 1.82) is 0 Å². The molecule has 0 spiro atoms. The van der Waals surface area contributed by atoms with Crippen LogP contribution in [0.4, 0.5) is 23.4 Å². The molecular weight excluding hydrogens is 356 g/mol. The second-order valence-corrected chi connectivity index (χ2v) is 6.24. The third-order valence-corrected chi connectivity index (χ3v) is 4.41. The summed E-state index contributed by atoms with van der Waals surface area (Å²) in [5, 5.41) is 11.4. The smallest absolute Gasteiger partial charge is 0.249 e. The summed E-state index contributed by atoms with van der Waals surface area (Å²) in [7, 11) is 0. The molecule has 28 heavy (non-hydrogen) atoms. The van der Waals surface area contributed by atoms with E-state index in [9.17, 15) is 0 Å². The maximum absolute atomic E-state index is 5.46. The van der Waals surface area contributed by atoms with Crippen molar-refractivity contribution < 1.29 is 4.74 Å². The van der Waals surface area contributed by atoms with Crippen molar-refractivity contribution in [3.8, 4) is 5.75 Å². The number of ether oxygens (including phenoxy) is 1. The highest BCUT2D eigenvalue weighted by Gasteiger charge is 2.20. The topological polar surface area (TPSA) is 92.2 Å². The average Bonchev–Trinajstić information content (AvgIpc) is 2.76. The summed E-state index contributed by atoms with van der Waals surface area (Å²) < 4.78 is 5.46. The van der Waals surface area contributed by atoms with Crippen LogP contribution in [0.3, 0.4) is 0 Å². The van der Waals surface area contributed by atoms with Crippen molar-refractivity contribution >= 4 is 23.4 Å². The highest BCUT2D eigenvalue weighted by molar-refractivity contribution is 5.55. The van der Waals surface area contributed by atoms with E-state index in [-0.39, 0.29) is 0 Å². The summed E-state index contributed by atoms with van der Waals surface area (Å²) in [4.78, 5) is 17.6. The quantitative estimate of drug-likeness (QED) is 0.692. The first kappa shape index (κ1) is 17.9. The molecule has 1 N–H and O–H groups in total. The minimum Gasteiger partial charge on any atom is -0.494 e. The van der Waals surface area contributed by atoms with Gasteiger partial charge in [-0.05, 0) is 37.3 Å². The Hall–Kier alpha value is -3.49. The largest absolute Gasteiger partial charge is 0.494 e. The second-order valence-electron chi connectivity index (χ2n) is 6.24. The Morgan fingerprint density at radius 2 is 1.71 bits per heavy atom. The molecule has 0 atom stereocenters. The molecule has 4 rings (SSSR count). The number of aromatic nitrogens is 5. The Balaban J connectivity index is 1.39. The van der Waals surface area contributed by atoms with E-state index in [0.29, 0.717) is 12.6 Å². The van der Waals surface area contributed by atoms with Crippen molar-refractivity contribution in [2.75, 3.05) is 47.9 Å². The molecule has 0 aliphatic carbocycles. The molecule has 3 aromatic rings. The molecule has 3 heterocycles. The van der Waals surface area contributed by atoms with E-state index in [1.54, 1.807) is 18.6 Å². The number of benzene rings is 1. The van der Waals surface area contributed by atoms with Crippen LogP contribution in [0.1, 0.15) is 6.92 Å². The van der Waals surface area contributed by atoms with E-state index in [0.717, 1.165) is 49.4 Å². The third-order valence-electron chi connectivity index (χ3n) is 4.41. The number of anilines is 4. The summed E-state index contributed by atoms with van der Waals surface area (Å²) in [5.41, 5.74) is 0.883. The molecule has 0 bridgehead atoms. The van der Waals surface area contributed by atoms with Crippen LogP contribution in [0.25, 0.3) is 0 Å². The molecule has 0 radical (unpaired) electrons. The van der Waals surface area contributed by atoms with Gasteiger partial charge in [-0.3, -0.25) is 0 Å². The van der Waals surface area contributed by atoms with Crippen LogP contribution in [-0.2, 0) is 0 Å². The zero-order valence-electron chi connectivity index (χ0n) is 15.7. The van der Waals surface area contributed by atoms with Crippen LogP contribution in [0.2, 0.25) is 0 Å². The van der Waals surface area contributed by atoms with Gasteiger partial charge in [-0.15, -0.1) is 5.10 Å². The van der Waals surface area contributed by atoms with E-state index in [4.69, 9.17) is 4.74 Å². The first-order valence-electron chi connectivity index (χ1n) is 9.28. The molecule has 1 aromatic carbocycles. The average molecular weight is 378 g/mol. The second kappa shape index (κ2) is 8.47. The lowest BCUT2D eigenvalue weighted by atomic mass is 10.3. The molecule has 0 unspecified atom stereocenters. The number of hydrogen-bond acceptors (Lipinski definition) is 9. The molecule has 0 amide bonds. The maximum Gasteiger partial charge on any atom is 0.249 e. The third kappa shape index (κ3) is 4.25. The van der Waals surface area contributed by atoms with Gasteiger partial charge >= 0.3 is 0 Å². The van der Waals surface area contributed by atoms with Gasteiger partial charge in [0.1, 0.15) is 5.75 Å². The SMILES string of the molecule is CCOc1ccc(Nc2nncc(N3CCN(c4ncccn4)CC3)n2)cc1. The summed E-state index contributed by atoms with van der Waals surface area (Å²) in [5.74, 6) is 2.87. The van der Waals surface area contributed by atoms with Gasteiger partial charge in [0.15, 0.2) is 5.82 Å². The predicted molar refractivity (Wildman–Crippen MR) is 107 cm³/mol. The highest BCUT2D eigenvalue weighted by atomic mass is 16.5. The molecule has 0 saturated carbocycles. The van der Waals surface area contributed by atoms with Crippen molar-refractivity contribution in [3.05, 3.63) is 48.9 Å². The minimum atomic E-state index is 0.468. The lowest BCUT2D eigenvalue weighted by Gasteiger charge is -2.35. The van der Waals surface area contributed by atoms with Crippen molar-refractivity contribution in [1.82, 2.24) is 25.1 Å². The Morgan fingerprint density at radius 3 is 2.43 bits per heavy atom. The van der Waals surface area contributed by atoms with Crippen LogP contribution < -0.4 is 19.9 Å². The Labute approximate surface area is 163 Å². The maximum atomic E-state index is 5.46. The fourth-order valence-corrected chi connectivity index (χ4v) is 3.02. The van der Waals surface area contributed by atoms with Gasteiger partial charge < -0.3 is 19.9 Å². The first-order chi connectivity index (χ1) is 13.8. The Morgan fingerprint density at radius 1 is 1.00 bits per heavy atom. The van der Waals surface area contributed by atoms with Crippen LogP contribution in [0.15, 0.2) is 48.9 Å². The Kier molecular flexibility index (Phi) is 5.41. The number of piperazine rings is 1. The van der Waals surface area contributed by atoms with Gasteiger partial charge in [0.25, 0.3) is 0 Å². The van der Waals surface area contributed by atoms with E-state index >= 15 is 0 Å². The van der Waals surface area contributed by atoms with Gasteiger partial charge in [-0.1, -0.05) is 0 Å². The normalized spacial score (nSPS) is 14.0. The molecule has 1 fully saturated rings. The lowest BCUT2D eigenvalue weighted by Crippen LogP contribution is -2.47. The van der Waals surface area contributed by atoms with Gasteiger partial charge in [0.05, 0.1) is 12.8 Å². The zero-order valence-corrected chi connectivity index (χ0v) is 15.7. The summed E-state index contributed by atoms with van der Waals surface area (Å²) in [6, 6.07) is 9.51. The summed E-state index contributed by atoms with van der Waals surface area (Å²) in [6.45, 7) is 5.90. The van der Waals surface area contributed by atoms with Gasteiger partial charge in [0, 0.05) is 44.3 Å². The zero-order chi connectivity index (χ0) is 19.2. The molecule has 1 aliphatic heterocycles. The number of rotatable bonds is 6.